The zero-order valence-electron chi connectivity index (χ0n) is 10.0. The maximum Gasteiger partial charge on any atom is 0.329 e. The lowest BCUT2D eigenvalue weighted by atomic mass is 10.1. The Morgan fingerprint density at radius 1 is 1.61 bits per heavy atom. The van der Waals surface area contributed by atoms with E-state index < -0.39 is 11.9 Å². The molecule has 18 heavy (non-hydrogen) atoms. The lowest BCUT2D eigenvalue weighted by Gasteiger charge is -2.08. The Kier molecular flexibility index (Phi) is 3.53. The van der Waals surface area contributed by atoms with E-state index in [1.165, 1.54) is 17.7 Å². The van der Waals surface area contributed by atoms with Gasteiger partial charge in [-0.05, 0) is 24.8 Å². The molecule has 2 aromatic heterocycles. The van der Waals surface area contributed by atoms with Crippen molar-refractivity contribution in [2.24, 2.45) is 0 Å². The number of ether oxygens (including phenoxy) is 1. The van der Waals surface area contributed by atoms with E-state index in [1.807, 2.05) is 18.4 Å². The average Bonchev–Trinajstić information content (AvgIpc) is 2.74. The van der Waals surface area contributed by atoms with Crippen LogP contribution in [0.4, 0.5) is 0 Å². The Bertz CT molecular complexity index is 630. The van der Waals surface area contributed by atoms with Crippen LogP contribution in [0.1, 0.15) is 24.1 Å². The first-order chi connectivity index (χ1) is 8.69. The number of thiophene rings is 1. The van der Waals surface area contributed by atoms with Gasteiger partial charge in [-0.2, -0.15) is 5.26 Å². The molecule has 0 aromatic carbocycles. The van der Waals surface area contributed by atoms with Crippen LogP contribution >= 0.6 is 11.3 Å². The highest BCUT2D eigenvalue weighted by Gasteiger charge is 2.26. The molecule has 2 heterocycles. The minimum Gasteiger partial charge on any atom is -0.465 e. The maximum absolute atomic E-state index is 11.7. The molecule has 0 amide bonds. The standard InChI is InChI=1S/C12H11N3O2S/c1-3-17-12(16)8(4-13)10-11-9(14-6-15-10)7(2)5-18-11/h5-6,8H,3H2,1-2H3. The summed E-state index contributed by atoms with van der Waals surface area (Å²) >= 11 is 1.44. The van der Waals surface area contributed by atoms with Crippen LogP contribution in [0.25, 0.3) is 10.2 Å². The normalized spacial score (nSPS) is 12.1. The summed E-state index contributed by atoms with van der Waals surface area (Å²) in [4.78, 5) is 20.0. The SMILES string of the molecule is CCOC(=O)C(C#N)c1ncnc2c(C)csc12. The molecule has 0 aliphatic rings. The number of hydrogen-bond acceptors (Lipinski definition) is 6. The fourth-order valence-corrected chi connectivity index (χ4v) is 2.67. The van der Waals surface area contributed by atoms with Crippen molar-refractivity contribution in [3.63, 3.8) is 0 Å². The molecule has 0 spiro atoms. The van der Waals surface area contributed by atoms with Crippen molar-refractivity contribution in [1.29, 1.82) is 5.26 Å². The van der Waals surface area contributed by atoms with Gasteiger partial charge in [-0.3, -0.25) is 4.79 Å². The third-order valence-corrected chi connectivity index (χ3v) is 3.59. The van der Waals surface area contributed by atoms with E-state index in [0.717, 1.165) is 15.8 Å². The van der Waals surface area contributed by atoms with E-state index in [-0.39, 0.29) is 6.61 Å². The number of nitriles is 1. The smallest absolute Gasteiger partial charge is 0.329 e. The highest BCUT2D eigenvalue weighted by molar-refractivity contribution is 7.17. The fraction of sp³-hybridized carbons (Fsp3) is 0.333. The highest BCUT2D eigenvalue weighted by atomic mass is 32.1. The molecule has 0 N–H and O–H groups in total. The highest BCUT2D eigenvalue weighted by Crippen LogP contribution is 2.30. The third kappa shape index (κ3) is 2.05. The molecule has 0 saturated heterocycles. The van der Waals surface area contributed by atoms with Crippen molar-refractivity contribution in [3.8, 4) is 6.07 Å². The molecular formula is C12H11N3O2S. The second-order valence-electron chi connectivity index (χ2n) is 3.67. The van der Waals surface area contributed by atoms with Crippen LogP contribution < -0.4 is 0 Å². The van der Waals surface area contributed by atoms with E-state index in [0.29, 0.717) is 5.69 Å². The number of fused-ring (bicyclic) bond motifs is 1. The van der Waals surface area contributed by atoms with E-state index in [2.05, 4.69) is 9.97 Å². The van der Waals surface area contributed by atoms with Gasteiger partial charge in [0.15, 0.2) is 5.92 Å². The van der Waals surface area contributed by atoms with Gasteiger partial charge in [0, 0.05) is 0 Å². The fourth-order valence-electron chi connectivity index (χ4n) is 1.64. The lowest BCUT2D eigenvalue weighted by molar-refractivity contribution is -0.143. The largest absolute Gasteiger partial charge is 0.465 e. The Morgan fingerprint density at radius 3 is 3.06 bits per heavy atom. The molecule has 0 bridgehead atoms. The molecule has 0 aliphatic carbocycles. The van der Waals surface area contributed by atoms with Gasteiger partial charge in [0.2, 0.25) is 0 Å². The number of aromatic nitrogens is 2. The Morgan fingerprint density at radius 2 is 2.39 bits per heavy atom. The predicted octanol–water partition coefficient (Wildman–Crippen LogP) is 2.17. The number of carbonyl (C=O) groups excluding carboxylic acids is 1. The van der Waals surface area contributed by atoms with Crippen LogP contribution in [0.3, 0.4) is 0 Å². The number of nitrogens with zero attached hydrogens (tertiary/aromatic N) is 3. The molecule has 1 unspecified atom stereocenters. The zero-order valence-corrected chi connectivity index (χ0v) is 10.8. The van der Waals surface area contributed by atoms with Gasteiger partial charge in [-0.1, -0.05) is 0 Å². The summed E-state index contributed by atoms with van der Waals surface area (Å²) < 4.78 is 5.66. The van der Waals surface area contributed by atoms with Gasteiger partial charge in [-0.15, -0.1) is 11.3 Å². The number of rotatable bonds is 3. The minimum absolute atomic E-state index is 0.245. The van der Waals surface area contributed by atoms with Gasteiger partial charge < -0.3 is 4.74 Å². The van der Waals surface area contributed by atoms with Crippen LogP contribution in [0.2, 0.25) is 0 Å². The molecule has 6 heteroatoms. The van der Waals surface area contributed by atoms with E-state index in [1.54, 1.807) is 6.92 Å². The zero-order chi connectivity index (χ0) is 13.1. The molecule has 0 saturated carbocycles. The van der Waals surface area contributed by atoms with Crippen molar-refractivity contribution >= 4 is 27.5 Å². The van der Waals surface area contributed by atoms with Crippen molar-refractivity contribution in [2.45, 2.75) is 19.8 Å². The molecular weight excluding hydrogens is 250 g/mol. The molecule has 0 aliphatic heterocycles. The lowest BCUT2D eigenvalue weighted by Crippen LogP contribution is -2.15. The summed E-state index contributed by atoms with van der Waals surface area (Å²) in [7, 11) is 0. The molecule has 2 rings (SSSR count). The number of carbonyl (C=O) groups is 1. The summed E-state index contributed by atoms with van der Waals surface area (Å²) in [5, 5.41) is 11.1. The molecule has 5 nitrogen and oxygen atoms in total. The summed E-state index contributed by atoms with van der Waals surface area (Å²) in [6, 6.07) is 1.95. The van der Waals surface area contributed by atoms with Gasteiger partial charge in [-0.25, -0.2) is 9.97 Å². The first-order valence-electron chi connectivity index (χ1n) is 5.44. The van der Waals surface area contributed by atoms with Crippen LogP contribution in [0.15, 0.2) is 11.7 Å². The van der Waals surface area contributed by atoms with Crippen molar-refractivity contribution in [2.75, 3.05) is 6.61 Å². The molecule has 2 aromatic rings. The van der Waals surface area contributed by atoms with Gasteiger partial charge in [0.25, 0.3) is 0 Å². The van der Waals surface area contributed by atoms with Crippen molar-refractivity contribution in [3.05, 3.63) is 23.0 Å². The van der Waals surface area contributed by atoms with E-state index in [4.69, 9.17) is 10.00 Å². The summed E-state index contributed by atoms with van der Waals surface area (Å²) in [5.41, 5.74) is 2.23. The Balaban J connectivity index is 2.52. The van der Waals surface area contributed by atoms with Gasteiger partial charge in [0.1, 0.15) is 6.33 Å². The molecule has 0 fully saturated rings. The van der Waals surface area contributed by atoms with E-state index >= 15 is 0 Å². The quantitative estimate of drug-likeness (QED) is 0.791. The van der Waals surface area contributed by atoms with Crippen LogP contribution in [-0.4, -0.2) is 22.5 Å². The number of esters is 1. The molecule has 92 valence electrons. The topological polar surface area (TPSA) is 75.9 Å². The van der Waals surface area contributed by atoms with Gasteiger partial charge >= 0.3 is 5.97 Å². The second kappa shape index (κ2) is 5.10. The number of aryl methyl sites for hydroxylation is 1. The first-order valence-corrected chi connectivity index (χ1v) is 6.32. The predicted molar refractivity (Wildman–Crippen MR) is 67.1 cm³/mol. The molecule has 0 radical (unpaired) electrons. The monoisotopic (exact) mass is 261 g/mol. The minimum atomic E-state index is -0.992. The van der Waals surface area contributed by atoms with Crippen LogP contribution in [-0.2, 0) is 9.53 Å². The van der Waals surface area contributed by atoms with Crippen molar-refractivity contribution < 1.29 is 9.53 Å². The van der Waals surface area contributed by atoms with Gasteiger partial charge in [0.05, 0.1) is 28.6 Å². The third-order valence-electron chi connectivity index (χ3n) is 2.48. The first kappa shape index (κ1) is 12.5. The van der Waals surface area contributed by atoms with Crippen molar-refractivity contribution in [1.82, 2.24) is 9.97 Å². The Labute approximate surface area is 108 Å². The summed E-state index contributed by atoms with van der Waals surface area (Å²) in [6.45, 7) is 3.88. The van der Waals surface area contributed by atoms with E-state index in [9.17, 15) is 4.79 Å². The number of hydrogen-bond donors (Lipinski definition) is 0. The average molecular weight is 261 g/mol. The summed E-state index contributed by atoms with van der Waals surface area (Å²) in [5.74, 6) is -1.56. The summed E-state index contributed by atoms with van der Waals surface area (Å²) in [6.07, 6.45) is 1.38. The molecule has 1 atom stereocenters. The Hall–Kier alpha value is -2.00. The van der Waals surface area contributed by atoms with Crippen LogP contribution in [0.5, 0.6) is 0 Å². The van der Waals surface area contributed by atoms with Crippen LogP contribution in [0, 0.1) is 18.3 Å². The maximum atomic E-state index is 11.7. The second-order valence-corrected chi connectivity index (χ2v) is 4.55.